The lowest BCUT2D eigenvalue weighted by Gasteiger charge is -2.12. The number of hydrogen-bond donors (Lipinski definition) is 0. The maximum absolute atomic E-state index is 5.75. The van der Waals surface area contributed by atoms with Crippen LogP contribution in [0.1, 0.15) is 6.92 Å². The van der Waals surface area contributed by atoms with Crippen LogP contribution in [0.3, 0.4) is 0 Å². The normalized spacial score (nSPS) is 10.9. The summed E-state index contributed by atoms with van der Waals surface area (Å²) < 4.78 is 7.79. The number of aromatic nitrogens is 3. The minimum absolute atomic E-state index is 0.620. The predicted molar refractivity (Wildman–Crippen MR) is 95.5 cm³/mol. The van der Waals surface area contributed by atoms with Crippen LogP contribution in [-0.4, -0.2) is 21.1 Å². The Balaban J connectivity index is 1.85. The molecule has 0 fully saturated rings. The Labute approximate surface area is 140 Å². The number of fused-ring (bicyclic) bond motifs is 1. The van der Waals surface area contributed by atoms with Crippen LogP contribution in [0.4, 0.5) is 0 Å². The van der Waals surface area contributed by atoms with Gasteiger partial charge in [-0.1, -0.05) is 30.3 Å². The number of benzene rings is 2. The first-order chi connectivity index (χ1) is 11.9. The van der Waals surface area contributed by atoms with Crippen molar-refractivity contribution in [1.29, 1.82) is 0 Å². The van der Waals surface area contributed by atoms with E-state index in [9.17, 15) is 0 Å². The molecule has 0 unspecified atom stereocenters. The predicted octanol–water partition coefficient (Wildman–Crippen LogP) is 4.49. The minimum Gasteiger partial charge on any atom is -0.493 e. The van der Waals surface area contributed by atoms with E-state index in [1.54, 1.807) is 6.20 Å². The van der Waals surface area contributed by atoms with Gasteiger partial charge in [-0.3, -0.25) is 9.55 Å². The summed E-state index contributed by atoms with van der Waals surface area (Å²) in [4.78, 5) is 9.09. The monoisotopic (exact) mass is 315 g/mol. The van der Waals surface area contributed by atoms with Crippen LogP contribution in [0.2, 0.25) is 0 Å². The topological polar surface area (TPSA) is 39.9 Å². The maximum Gasteiger partial charge on any atom is 0.148 e. The highest BCUT2D eigenvalue weighted by molar-refractivity contribution is 5.80. The molecule has 24 heavy (non-hydrogen) atoms. The summed E-state index contributed by atoms with van der Waals surface area (Å²) in [5.74, 6) is 1.68. The Morgan fingerprint density at radius 2 is 1.83 bits per heavy atom. The number of nitrogens with zero attached hydrogens (tertiary/aromatic N) is 3. The van der Waals surface area contributed by atoms with Crippen molar-refractivity contribution in [3.8, 4) is 22.8 Å². The molecule has 0 N–H and O–H groups in total. The first-order valence-electron chi connectivity index (χ1n) is 7.97. The molecule has 4 nitrogen and oxygen atoms in total. The number of ether oxygens (including phenoxy) is 1. The summed E-state index contributed by atoms with van der Waals surface area (Å²) in [6.45, 7) is 2.60. The van der Waals surface area contributed by atoms with Crippen LogP contribution in [-0.2, 0) is 0 Å². The van der Waals surface area contributed by atoms with E-state index in [4.69, 9.17) is 4.74 Å². The van der Waals surface area contributed by atoms with E-state index in [1.165, 1.54) is 0 Å². The van der Waals surface area contributed by atoms with Crippen LogP contribution < -0.4 is 4.74 Å². The molecule has 2 aromatic carbocycles. The van der Waals surface area contributed by atoms with Gasteiger partial charge in [0.05, 0.1) is 29.6 Å². The highest BCUT2D eigenvalue weighted by atomic mass is 16.5. The van der Waals surface area contributed by atoms with Gasteiger partial charge in [-0.2, -0.15) is 0 Å². The van der Waals surface area contributed by atoms with Crippen molar-refractivity contribution in [3.05, 3.63) is 73.2 Å². The zero-order valence-corrected chi connectivity index (χ0v) is 13.4. The molecular weight excluding hydrogens is 298 g/mol. The Bertz CT molecular complexity index is 991. The maximum atomic E-state index is 5.75. The van der Waals surface area contributed by atoms with Crippen molar-refractivity contribution in [2.75, 3.05) is 6.61 Å². The number of hydrogen-bond acceptors (Lipinski definition) is 3. The van der Waals surface area contributed by atoms with E-state index >= 15 is 0 Å². The smallest absolute Gasteiger partial charge is 0.148 e. The van der Waals surface area contributed by atoms with E-state index < -0.39 is 0 Å². The Morgan fingerprint density at radius 1 is 1.00 bits per heavy atom. The third-order valence-corrected chi connectivity index (χ3v) is 3.92. The number of rotatable bonds is 4. The van der Waals surface area contributed by atoms with Gasteiger partial charge in [-0.05, 0) is 31.2 Å². The van der Waals surface area contributed by atoms with Crippen LogP contribution >= 0.6 is 0 Å². The molecular formula is C20H17N3O. The lowest BCUT2D eigenvalue weighted by Crippen LogP contribution is -2.00. The third-order valence-electron chi connectivity index (χ3n) is 3.92. The largest absolute Gasteiger partial charge is 0.493 e. The standard InChI is InChI=1S/C20H17N3O/c1-2-24-19-10-6-4-8-17(19)20-21-11-12-23(20)16-13-15-7-3-5-9-18(15)22-14-16/h3-14H,2H2,1H3. The van der Waals surface area contributed by atoms with Crippen LogP contribution in [0.5, 0.6) is 5.75 Å². The van der Waals surface area contributed by atoms with E-state index in [0.717, 1.165) is 33.7 Å². The molecule has 0 spiro atoms. The molecule has 118 valence electrons. The van der Waals surface area contributed by atoms with Crippen molar-refractivity contribution >= 4 is 10.9 Å². The first-order valence-corrected chi connectivity index (χ1v) is 7.97. The third kappa shape index (κ3) is 2.52. The highest BCUT2D eigenvalue weighted by Gasteiger charge is 2.13. The van der Waals surface area contributed by atoms with Gasteiger partial charge in [0.2, 0.25) is 0 Å². The molecule has 0 aliphatic carbocycles. The molecule has 0 atom stereocenters. The van der Waals surface area contributed by atoms with Gasteiger partial charge in [-0.15, -0.1) is 0 Å². The molecule has 4 aromatic rings. The molecule has 0 aliphatic rings. The second kappa shape index (κ2) is 6.16. The van der Waals surface area contributed by atoms with Gasteiger partial charge < -0.3 is 4.74 Å². The molecule has 0 amide bonds. The van der Waals surface area contributed by atoms with E-state index in [-0.39, 0.29) is 0 Å². The Kier molecular flexibility index (Phi) is 3.71. The van der Waals surface area contributed by atoms with E-state index in [2.05, 4.69) is 22.1 Å². The Hall–Kier alpha value is -3.14. The fourth-order valence-corrected chi connectivity index (χ4v) is 2.83. The zero-order valence-electron chi connectivity index (χ0n) is 13.4. The number of imidazole rings is 1. The van der Waals surface area contributed by atoms with Crippen LogP contribution in [0, 0.1) is 0 Å². The molecule has 0 saturated carbocycles. The van der Waals surface area contributed by atoms with Gasteiger partial charge in [0.25, 0.3) is 0 Å². The number of pyridine rings is 1. The quantitative estimate of drug-likeness (QED) is 0.557. The van der Waals surface area contributed by atoms with E-state index in [1.807, 2.05) is 66.3 Å². The highest BCUT2D eigenvalue weighted by Crippen LogP contribution is 2.30. The van der Waals surface area contributed by atoms with Gasteiger partial charge in [-0.25, -0.2) is 4.98 Å². The average Bonchev–Trinajstić information content (AvgIpc) is 3.11. The second-order valence-corrected chi connectivity index (χ2v) is 5.44. The van der Waals surface area contributed by atoms with E-state index in [0.29, 0.717) is 6.61 Å². The van der Waals surface area contributed by atoms with Gasteiger partial charge in [0.15, 0.2) is 0 Å². The molecule has 4 rings (SSSR count). The second-order valence-electron chi connectivity index (χ2n) is 5.44. The molecule has 0 radical (unpaired) electrons. The van der Waals surface area contributed by atoms with Crippen molar-refractivity contribution in [1.82, 2.24) is 14.5 Å². The van der Waals surface area contributed by atoms with Crippen LogP contribution in [0.25, 0.3) is 28.0 Å². The average molecular weight is 315 g/mol. The molecule has 0 saturated heterocycles. The lowest BCUT2D eigenvalue weighted by atomic mass is 10.1. The summed E-state index contributed by atoms with van der Waals surface area (Å²) in [5, 5.41) is 1.10. The molecule has 0 aliphatic heterocycles. The van der Waals surface area contributed by atoms with Crippen molar-refractivity contribution in [2.45, 2.75) is 6.92 Å². The molecule has 2 aromatic heterocycles. The fourth-order valence-electron chi connectivity index (χ4n) is 2.83. The van der Waals surface area contributed by atoms with Gasteiger partial charge in [0.1, 0.15) is 11.6 Å². The summed E-state index contributed by atoms with van der Waals surface area (Å²) in [6.07, 6.45) is 5.62. The van der Waals surface area contributed by atoms with Crippen LogP contribution in [0.15, 0.2) is 73.2 Å². The minimum atomic E-state index is 0.620. The lowest BCUT2D eigenvalue weighted by molar-refractivity contribution is 0.341. The SMILES string of the molecule is CCOc1ccccc1-c1nccn1-c1cnc2ccccc2c1. The first kappa shape index (κ1) is 14.5. The molecule has 4 heteroatoms. The number of para-hydroxylation sites is 2. The summed E-state index contributed by atoms with van der Waals surface area (Å²) in [6, 6.07) is 18.2. The summed E-state index contributed by atoms with van der Waals surface area (Å²) in [7, 11) is 0. The zero-order chi connectivity index (χ0) is 16.4. The van der Waals surface area contributed by atoms with Crippen molar-refractivity contribution in [2.24, 2.45) is 0 Å². The van der Waals surface area contributed by atoms with Crippen molar-refractivity contribution < 1.29 is 4.74 Å². The summed E-state index contributed by atoms with van der Waals surface area (Å²) >= 11 is 0. The van der Waals surface area contributed by atoms with Crippen molar-refractivity contribution in [3.63, 3.8) is 0 Å². The molecule has 0 bridgehead atoms. The van der Waals surface area contributed by atoms with Gasteiger partial charge >= 0.3 is 0 Å². The van der Waals surface area contributed by atoms with Gasteiger partial charge in [0, 0.05) is 17.8 Å². The Morgan fingerprint density at radius 3 is 2.75 bits per heavy atom. The fraction of sp³-hybridized carbons (Fsp3) is 0.100. The molecule has 2 heterocycles. The summed E-state index contributed by atoms with van der Waals surface area (Å²) in [5.41, 5.74) is 2.93.